The standard InChI is InChI=1S/C79H154O17P2/c1-8-11-12-13-14-15-16-23-32-39-46-53-60-76(81)89-66-75(96-79(84)63-56-49-42-35-28-26-31-38-45-52-59-72(7)10-3)69-94-98(87,88)92-65-73(80)64-91-97(85,86)93-68-74(67-90-77(82)61-54-47-40-33-27-25-30-37-44-51-58-71(6)9-2)95-78(83)62-55-48-41-34-24-21-19-17-18-20-22-29-36-43-50-57-70(4)5/h70-75,80H,8-69H2,1-7H3,(H,85,86)(H,87,88)/t71?,72?,73-,74-,75-/m1/s1. The van der Waals surface area contributed by atoms with E-state index in [9.17, 15) is 43.2 Å². The average molecular weight is 1440 g/mol. The third kappa shape index (κ3) is 69.8. The van der Waals surface area contributed by atoms with Gasteiger partial charge in [-0.2, -0.15) is 0 Å². The lowest BCUT2D eigenvalue weighted by atomic mass is 9.99. The Kier molecular flexibility index (Phi) is 68.1. The second-order valence-corrected chi connectivity index (χ2v) is 32.3. The summed E-state index contributed by atoms with van der Waals surface area (Å²) in [6, 6.07) is 0. The first-order valence-electron chi connectivity index (χ1n) is 40.9. The Morgan fingerprint density at radius 3 is 0.776 bits per heavy atom. The molecule has 0 radical (unpaired) electrons. The van der Waals surface area contributed by atoms with Crippen molar-refractivity contribution in [2.24, 2.45) is 17.8 Å². The summed E-state index contributed by atoms with van der Waals surface area (Å²) >= 11 is 0. The number of rotatable bonds is 77. The Hall–Kier alpha value is -1.94. The van der Waals surface area contributed by atoms with Crippen molar-refractivity contribution in [3.8, 4) is 0 Å². The molecule has 3 N–H and O–H groups in total. The first kappa shape index (κ1) is 96.1. The molecule has 7 atom stereocenters. The van der Waals surface area contributed by atoms with Crippen LogP contribution in [0.25, 0.3) is 0 Å². The molecule has 0 aromatic carbocycles. The molecule has 0 spiro atoms. The minimum atomic E-state index is -4.96. The van der Waals surface area contributed by atoms with Gasteiger partial charge in [-0.1, -0.05) is 357 Å². The fraction of sp³-hybridized carbons (Fsp3) is 0.949. The van der Waals surface area contributed by atoms with Gasteiger partial charge in [0.25, 0.3) is 0 Å². The van der Waals surface area contributed by atoms with Crippen molar-refractivity contribution in [1.82, 2.24) is 0 Å². The van der Waals surface area contributed by atoms with Crippen LogP contribution < -0.4 is 0 Å². The Balaban J connectivity index is 5.27. The van der Waals surface area contributed by atoms with Crippen molar-refractivity contribution in [2.45, 2.75) is 426 Å². The summed E-state index contributed by atoms with van der Waals surface area (Å²) in [5, 5.41) is 10.6. The molecule has 0 saturated heterocycles. The molecule has 0 aromatic heterocycles. The maximum absolute atomic E-state index is 13.1. The fourth-order valence-electron chi connectivity index (χ4n) is 12.1. The van der Waals surface area contributed by atoms with Crippen molar-refractivity contribution in [1.29, 1.82) is 0 Å². The molecular formula is C79H154O17P2. The summed E-state index contributed by atoms with van der Waals surface area (Å²) in [6.07, 6.45) is 56.6. The number of ether oxygens (including phenoxy) is 4. The first-order chi connectivity index (χ1) is 47.3. The van der Waals surface area contributed by atoms with Crippen LogP contribution in [-0.4, -0.2) is 96.7 Å². The van der Waals surface area contributed by atoms with E-state index in [0.717, 1.165) is 108 Å². The molecule has 0 aromatic rings. The number of esters is 4. The van der Waals surface area contributed by atoms with Crippen LogP contribution in [0.2, 0.25) is 0 Å². The Morgan fingerprint density at radius 1 is 0.296 bits per heavy atom. The topological polar surface area (TPSA) is 237 Å². The van der Waals surface area contributed by atoms with Crippen LogP contribution in [0.3, 0.4) is 0 Å². The van der Waals surface area contributed by atoms with Gasteiger partial charge in [0, 0.05) is 25.7 Å². The van der Waals surface area contributed by atoms with Gasteiger partial charge in [-0.25, -0.2) is 9.13 Å². The number of hydrogen-bond donors (Lipinski definition) is 3. The van der Waals surface area contributed by atoms with Gasteiger partial charge in [-0.3, -0.25) is 37.3 Å². The molecule has 0 rings (SSSR count). The molecule has 98 heavy (non-hydrogen) atoms. The van der Waals surface area contributed by atoms with Crippen molar-refractivity contribution >= 4 is 39.5 Å². The molecule has 0 aliphatic carbocycles. The van der Waals surface area contributed by atoms with Gasteiger partial charge in [0.15, 0.2) is 12.2 Å². The fourth-order valence-corrected chi connectivity index (χ4v) is 13.6. The Morgan fingerprint density at radius 2 is 0.520 bits per heavy atom. The number of unbranched alkanes of at least 4 members (excludes halogenated alkanes) is 43. The molecule has 0 heterocycles. The first-order valence-corrected chi connectivity index (χ1v) is 43.9. The Labute approximate surface area is 600 Å². The number of hydrogen-bond acceptors (Lipinski definition) is 15. The minimum Gasteiger partial charge on any atom is -0.462 e. The number of aliphatic hydroxyl groups excluding tert-OH is 1. The highest BCUT2D eigenvalue weighted by Gasteiger charge is 2.30. The molecule has 0 aliphatic heterocycles. The summed E-state index contributed by atoms with van der Waals surface area (Å²) in [6.45, 7) is 12.0. The number of phosphoric acid groups is 2. The normalized spacial score (nSPS) is 14.6. The van der Waals surface area contributed by atoms with Crippen LogP contribution in [0.4, 0.5) is 0 Å². The number of carbonyl (C=O) groups is 4. The van der Waals surface area contributed by atoms with Crippen LogP contribution in [0, 0.1) is 17.8 Å². The Bertz CT molecular complexity index is 1910. The van der Waals surface area contributed by atoms with Gasteiger partial charge in [0.1, 0.15) is 19.3 Å². The summed E-state index contributed by atoms with van der Waals surface area (Å²) in [7, 11) is -9.92. The highest BCUT2D eigenvalue weighted by atomic mass is 31.2. The minimum absolute atomic E-state index is 0.106. The molecule has 582 valence electrons. The van der Waals surface area contributed by atoms with E-state index in [1.807, 2.05) is 0 Å². The lowest BCUT2D eigenvalue weighted by Gasteiger charge is -2.21. The predicted octanol–water partition coefficient (Wildman–Crippen LogP) is 23.4. The van der Waals surface area contributed by atoms with Gasteiger partial charge < -0.3 is 33.8 Å². The zero-order valence-electron chi connectivity index (χ0n) is 64.3. The smallest absolute Gasteiger partial charge is 0.462 e. The van der Waals surface area contributed by atoms with Crippen molar-refractivity contribution in [3.05, 3.63) is 0 Å². The molecule has 0 saturated carbocycles. The zero-order valence-corrected chi connectivity index (χ0v) is 66.0. The van der Waals surface area contributed by atoms with Gasteiger partial charge in [0.05, 0.1) is 26.4 Å². The highest BCUT2D eigenvalue weighted by Crippen LogP contribution is 2.45. The van der Waals surface area contributed by atoms with Gasteiger partial charge in [-0.15, -0.1) is 0 Å². The van der Waals surface area contributed by atoms with E-state index in [0.29, 0.717) is 25.7 Å². The van der Waals surface area contributed by atoms with Crippen molar-refractivity contribution < 1.29 is 80.2 Å². The second kappa shape index (κ2) is 69.4. The van der Waals surface area contributed by atoms with E-state index < -0.39 is 97.5 Å². The van der Waals surface area contributed by atoms with Crippen LogP contribution in [0.15, 0.2) is 0 Å². The molecule has 4 unspecified atom stereocenters. The molecular weight excluding hydrogens is 1280 g/mol. The largest absolute Gasteiger partial charge is 0.472 e. The SMILES string of the molecule is CCCCCCCCCCCCCCC(=O)OC[C@H](COP(=O)(O)OC[C@H](O)COP(=O)(O)OC[C@@H](COC(=O)CCCCCCCCCCCCC(C)CC)OC(=O)CCCCCCCCCCCCCCCCCC(C)C)OC(=O)CCCCCCCCCCCCC(C)CC. The van der Waals surface area contributed by atoms with E-state index in [1.165, 1.54) is 218 Å². The molecule has 0 bridgehead atoms. The van der Waals surface area contributed by atoms with Crippen LogP contribution >= 0.6 is 15.6 Å². The third-order valence-electron chi connectivity index (χ3n) is 19.1. The second-order valence-electron chi connectivity index (χ2n) is 29.4. The van der Waals surface area contributed by atoms with E-state index in [2.05, 4.69) is 48.5 Å². The summed E-state index contributed by atoms with van der Waals surface area (Å²) in [5.74, 6) is 0.303. The van der Waals surface area contributed by atoms with Crippen LogP contribution in [-0.2, 0) is 65.4 Å². The molecule has 0 amide bonds. The van der Waals surface area contributed by atoms with E-state index >= 15 is 0 Å². The average Bonchev–Trinajstić information content (AvgIpc) is 0.997. The molecule has 19 heteroatoms. The highest BCUT2D eigenvalue weighted by molar-refractivity contribution is 7.47. The van der Waals surface area contributed by atoms with E-state index in [-0.39, 0.29) is 25.7 Å². The summed E-state index contributed by atoms with van der Waals surface area (Å²) in [4.78, 5) is 73.0. The van der Waals surface area contributed by atoms with Crippen LogP contribution in [0.5, 0.6) is 0 Å². The number of aliphatic hydroxyl groups is 1. The molecule has 0 fully saturated rings. The predicted molar refractivity (Wildman–Crippen MR) is 400 cm³/mol. The maximum atomic E-state index is 13.1. The van der Waals surface area contributed by atoms with Crippen LogP contribution in [0.1, 0.15) is 408 Å². The maximum Gasteiger partial charge on any atom is 0.472 e. The molecule has 0 aliphatic rings. The van der Waals surface area contributed by atoms with E-state index in [4.69, 9.17) is 37.0 Å². The van der Waals surface area contributed by atoms with Gasteiger partial charge in [-0.05, 0) is 43.4 Å². The lowest BCUT2D eigenvalue weighted by molar-refractivity contribution is -0.161. The zero-order chi connectivity index (χ0) is 72.3. The van der Waals surface area contributed by atoms with Gasteiger partial charge >= 0.3 is 39.5 Å². The number of phosphoric ester groups is 2. The molecule has 17 nitrogen and oxygen atoms in total. The van der Waals surface area contributed by atoms with E-state index in [1.54, 1.807) is 0 Å². The summed E-state index contributed by atoms with van der Waals surface area (Å²) < 4.78 is 68.7. The summed E-state index contributed by atoms with van der Waals surface area (Å²) in [5.41, 5.74) is 0. The monoisotopic (exact) mass is 1440 g/mol. The van der Waals surface area contributed by atoms with Gasteiger partial charge in [0.2, 0.25) is 0 Å². The quantitative estimate of drug-likeness (QED) is 0.0222. The van der Waals surface area contributed by atoms with Crippen molar-refractivity contribution in [2.75, 3.05) is 39.6 Å². The van der Waals surface area contributed by atoms with Crippen molar-refractivity contribution in [3.63, 3.8) is 0 Å². The third-order valence-corrected chi connectivity index (χ3v) is 21.0. The lowest BCUT2D eigenvalue weighted by Crippen LogP contribution is -2.30. The number of carbonyl (C=O) groups excluding carboxylic acids is 4.